The molecule has 2 unspecified atom stereocenters. The van der Waals surface area contributed by atoms with Gasteiger partial charge in [-0.15, -0.1) is 0 Å². The van der Waals surface area contributed by atoms with Crippen molar-refractivity contribution in [3.05, 3.63) is 95.5 Å². The smallest absolute Gasteiger partial charge is 0.340 e. The first-order chi connectivity index (χ1) is 18.1. The number of carbonyl (C=O) groups excluding carboxylic acids is 1. The van der Waals surface area contributed by atoms with Crippen LogP contribution in [0, 0.1) is 0 Å². The number of esters is 1. The molecule has 4 aromatic rings. The standard InChI is InChI=1S/C29H29ClN4O3/c1-36-28(35)29(21-8-3-2-4-9-21)27(19-23-10-7-17-37-23)34(20-33-29)16-6-5-14-31-25-13-15-32-26-18-22(30)11-12-24(25)26/h2-4,7-13,15,17-18,20,27H,5-6,14,16,19H2,1H3,(H,31,32). The number of hydrogen-bond donors (Lipinski definition) is 1. The second kappa shape index (κ2) is 11.0. The molecule has 0 radical (unpaired) electrons. The summed E-state index contributed by atoms with van der Waals surface area (Å²) in [5.74, 6) is 0.427. The van der Waals surface area contributed by atoms with Gasteiger partial charge in [-0.2, -0.15) is 0 Å². The van der Waals surface area contributed by atoms with Crippen LogP contribution in [0.5, 0.6) is 0 Å². The van der Waals surface area contributed by atoms with Crippen LogP contribution >= 0.6 is 11.6 Å². The summed E-state index contributed by atoms with van der Waals surface area (Å²) in [6, 6.07) is 20.9. The Bertz CT molecular complexity index is 1380. The third-order valence-electron chi connectivity index (χ3n) is 6.84. The first kappa shape index (κ1) is 24.8. The number of anilines is 1. The Balaban J connectivity index is 1.28. The highest BCUT2D eigenvalue weighted by molar-refractivity contribution is 6.31. The van der Waals surface area contributed by atoms with Gasteiger partial charge >= 0.3 is 5.97 Å². The van der Waals surface area contributed by atoms with E-state index in [2.05, 4.69) is 15.2 Å². The molecule has 2 atom stereocenters. The largest absolute Gasteiger partial charge is 0.469 e. The molecule has 190 valence electrons. The van der Waals surface area contributed by atoms with Crippen LogP contribution in [-0.2, 0) is 21.5 Å². The van der Waals surface area contributed by atoms with E-state index in [-0.39, 0.29) is 12.0 Å². The summed E-state index contributed by atoms with van der Waals surface area (Å²) in [4.78, 5) is 24.6. The zero-order chi connectivity index (χ0) is 25.7. The first-order valence-corrected chi connectivity index (χ1v) is 12.7. The highest BCUT2D eigenvalue weighted by atomic mass is 35.5. The molecule has 1 aliphatic heterocycles. The van der Waals surface area contributed by atoms with E-state index in [4.69, 9.17) is 25.7 Å². The highest BCUT2D eigenvalue weighted by Crippen LogP contribution is 2.39. The second-order valence-electron chi connectivity index (χ2n) is 9.06. The molecule has 0 saturated heterocycles. The number of rotatable bonds is 10. The van der Waals surface area contributed by atoms with Gasteiger partial charge in [0.15, 0.2) is 0 Å². The summed E-state index contributed by atoms with van der Waals surface area (Å²) < 4.78 is 11.0. The molecule has 3 heterocycles. The summed E-state index contributed by atoms with van der Waals surface area (Å²) in [5, 5.41) is 5.24. The number of unbranched alkanes of at least 4 members (excludes halogenated alkanes) is 1. The summed E-state index contributed by atoms with van der Waals surface area (Å²) in [5.41, 5.74) is 1.56. The number of aliphatic imine (C=N–C) groups is 1. The molecule has 7 nitrogen and oxygen atoms in total. The quantitative estimate of drug-likeness (QED) is 0.215. The molecule has 2 aromatic heterocycles. The van der Waals surface area contributed by atoms with Gasteiger partial charge in [0.05, 0.1) is 31.3 Å². The number of nitrogens with zero attached hydrogens (tertiary/aromatic N) is 3. The molecule has 2 aromatic carbocycles. The fourth-order valence-electron chi connectivity index (χ4n) is 5.01. The van der Waals surface area contributed by atoms with Crippen LogP contribution in [0.3, 0.4) is 0 Å². The molecule has 1 aliphatic rings. The van der Waals surface area contributed by atoms with E-state index in [1.54, 1.807) is 18.8 Å². The summed E-state index contributed by atoms with van der Waals surface area (Å²) in [6.45, 7) is 1.55. The summed E-state index contributed by atoms with van der Waals surface area (Å²) >= 11 is 6.11. The van der Waals surface area contributed by atoms with E-state index in [0.29, 0.717) is 11.4 Å². The van der Waals surface area contributed by atoms with E-state index < -0.39 is 5.54 Å². The van der Waals surface area contributed by atoms with Crippen molar-refractivity contribution in [3.8, 4) is 0 Å². The van der Waals surface area contributed by atoms with Gasteiger partial charge in [0, 0.05) is 41.8 Å². The zero-order valence-corrected chi connectivity index (χ0v) is 21.4. The lowest BCUT2D eigenvalue weighted by Gasteiger charge is -2.35. The van der Waals surface area contributed by atoms with Crippen LogP contribution in [-0.4, -0.2) is 48.4 Å². The number of furan rings is 1. The predicted molar refractivity (Wildman–Crippen MR) is 146 cm³/mol. The number of benzene rings is 2. The molecule has 0 saturated carbocycles. The lowest BCUT2D eigenvalue weighted by atomic mass is 9.81. The van der Waals surface area contributed by atoms with Crippen molar-refractivity contribution in [2.45, 2.75) is 30.8 Å². The Kier molecular flexibility index (Phi) is 7.42. The van der Waals surface area contributed by atoms with Crippen molar-refractivity contribution in [3.63, 3.8) is 0 Å². The molecular weight excluding hydrogens is 488 g/mol. The fourth-order valence-corrected chi connectivity index (χ4v) is 5.18. The molecule has 1 N–H and O–H groups in total. The predicted octanol–water partition coefficient (Wildman–Crippen LogP) is 5.70. The Morgan fingerprint density at radius 2 is 2.00 bits per heavy atom. The lowest BCUT2D eigenvalue weighted by molar-refractivity contribution is -0.149. The number of carbonyl (C=O) groups is 1. The van der Waals surface area contributed by atoms with Crippen LogP contribution in [0.4, 0.5) is 5.69 Å². The van der Waals surface area contributed by atoms with Crippen LogP contribution < -0.4 is 5.32 Å². The number of hydrogen-bond acceptors (Lipinski definition) is 7. The number of aromatic nitrogens is 1. The molecular formula is C29H29ClN4O3. The van der Waals surface area contributed by atoms with Gasteiger partial charge in [0.1, 0.15) is 5.76 Å². The van der Waals surface area contributed by atoms with Gasteiger partial charge in [0.2, 0.25) is 5.54 Å². The molecule has 0 aliphatic carbocycles. The maximum Gasteiger partial charge on any atom is 0.340 e. The monoisotopic (exact) mass is 516 g/mol. The van der Waals surface area contributed by atoms with Gasteiger partial charge in [-0.3, -0.25) is 9.98 Å². The van der Waals surface area contributed by atoms with E-state index in [0.717, 1.165) is 53.8 Å². The molecule has 37 heavy (non-hydrogen) atoms. The maximum absolute atomic E-state index is 13.3. The number of halogens is 1. The van der Waals surface area contributed by atoms with Crippen molar-refractivity contribution in [2.24, 2.45) is 4.99 Å². The summed E-state index contributed by atoms with van der Waals surface area (Å²) in [6.07, 6.45) is 7.61. The van der Waals surface area contributed by atoms with E-state index in [1.165, 1.54) is 7.11 Å². The third-order valence-corrected chi connectivity index (χ3v) is 7.08. The van der Waals surface area contributed by atoms with Gasteiger partial charge in [0.25, 0.3) is 0 Å². The molecule has 0 amide bonds. The van der Waals surface area contributed by atoms with Gasteiger partial charge in [-0.1, -0.05) is 41.9 Å². The van der Waals surface area contributed by atoms with Crippen molar-refractivity contribution in [1.29, 1.82) is 0 Å². The zero-order valence-electron chi connectivity index (χ0n) is 20.6. The maximum atomic E-state index is 13.3. The van der Waals surface area contributed by atoms with Crippen molar-refractivity contribution in [1.82, 2.24) is 9.88 Å². The Morgan fingerprint density at radius 3 is 2.78 bits per heavy atom. The van der Waals surface area contributed by atoms with Gasteiger partial charge in [-0.25, -0.2) is 4.79 Å². The number of nitrogens with one attached hydrogen (secondary N) is 1. The molecule has 0 bridgehead atoms. The molecule has 5 rings (SSSR count). The molecule has 0 spiro atoms. The number of pyridine rings is 1. The Morgan fingerprint density at radius 1 is 1.14 bits per heavy atom. The van der Waals surface area contributed by atoms with Gasteiger partial charge < -0.3 is 19.4 Å². The fraction of sp³-hybridized carbons (Fsp3) is 0.276. The van der Waals surface area contributed by atoms with E-state index in [1.807, 2.05) is 66.7 Å². The van der Waals surface area contributed by atoms with Crippen LogP contribution in [0.25, 0.3) is 10.9 Å². The minimum atomic E-state index is -1.15. The number of methoxy groups -OCH3 is 1. The molecule has 8 heteroatoms. The number of ether oxygens (including phenoxy) is 1. The molecule has 0 fully saturated rings. The van der Waals surface area contributed by atoms with E-state index >= 15 is 0 Å². The highest BCUT2D eigenvalue weighted by Gasteiger charge is 2.53. The minimum Gasteiger partial charge on any atom is -0.469 e. The third kappa shape index (κ3) is 5.04. The van der Waals surface area contributed by atoms with Crippen molar-refractivity contribution < 1.29 is 13.9 Å². The number of fused-ring (bicyclic) bond motifs is 1. The summed E-state index contributed by atoms with van der Waals surface area (Å²) in [7, 11) is 1.41. The van der Waals surface area contributed by atoms with Crippen LogP contribution in [0.1, 0.15) is 24.2 Å². The average molecular weight is 517 g/mol. The normalized spacial score (nSPS) is 18.9. The van der Waals surface area contributed by atoms with Crippen molar-refractivity contribution >= 4 is 40.5 Å². The topological polar surface area (TPSA) is 80.0 Å². The Hall–Kier alpha value is -3.84. The minimum absolute atomic E-state index is 0.268. The first-order valence-electron chi connectivity index (χ1n) is 12.4. The van der Waals surface area contributed by atoms with Crippen LogP contribution in [0.2, 0.25) is 5.02 Å². The Labute approximate surface area is 221 Å². The van der Waals surface area contributed by atoms with Crippen molar-refractivity contribution in [2.75, 3.05) is 25.5 Å². The second-order valence-corrected chi connectivity index (χ2v) is 9.50. The SMILES string of the molecule is COC(=O)C1(c2ccccc2)N=CN(CCCCNc2ccnc3cc(Cl)ccc23)C1Cc1ccco1. The lowest BCUT2D eigenvalue weighted by Crippen LogP contribution is -2.51. The average Bonchev–Trinajstić information content (AvgIpc) is 3.57. The van der Waals surface area contributed by atoms with Crippen LogP contribution in [0.15, 0.2) is 88.6 Å². The van der Waals surface area contributed by atoms with E-state index in [9.17, 15) is 4.79 Å². The van der Waals surface area contributed by atoms with Gasteiger partial charge in [-0.05, 0) is 54.8 Å².